The SMILES string of the molecule is Cc1ccc(NC(=O)CC2CCCC2)c(Br)c1. The van der Waals surface area contributed by atoms with E-state index < -0.39 is 0 Å². The van der Waals surface area contributed by atoms with Crippen LogP contribution < -0.4 is 5.32 Å². The van der Waals surface area contributed by atoms with Gasteiger partial charge in [-0.25, -0.2) is 0 Å². The van der Waals surface area contributed by atoms with Crippen molar-refractivity contribution in [1.82, 2.24) is 0 Å². The molecule has 0 saturated heterocycles. The summed E-state index contributed by atoms with van der Waals surface area (Å²) in [4.78, 5) is 11.9. The average molecular weight is 296 g/mol. The van der Waals surface area contributed by atoms with Gasteiger partial charge in [0.2, 0.25) is 5.91 Å². The van der Waals surface area contributed by atoms with Gasteiger partial charge in [-0.2, -0.15) is 0 Å². The summed E-state index contributed by atoms with van der Waals surface area (Å²) in [5.74, 6) is 0.737. The van der Waals surface area contributed by atoms with Crippen LogP contribution >= 0.6 is 15.9 Å². The van der Waals surface area contributed by atoms with Gasteiger partial charge in [0.1, 0.15) is 0 Å². The molecule has 2 nitrogen and oxygen atoms in total. The van der Waals surface area contributed by atoms with Crippen molar-refractivity contribution in [2.24, 2.45) is 5.92 Å². The van der Waals surface area contributed by atoms with Crippen molar-refractivity contribution in [3.63, 3.8) is 0 Å². The topological polar surface area (TPSA) is 29.1 Å². The smallest absolute Gasteiger partial charge is 0.224 e. The maximum absolute atomic E-state index is 11.9. The molecule has 0 unspecified atom stereocenters. The Balaban J connectivity index is 1.93. The van der Waals surface area contributed by atoms with E-state index in [1.807, 2.05) is 25.1 Å². The van der Waals surface area contributed by atoms with Crippen LogP contribution in [0.5, 0.6) is 0 Å². The first-order chi connectivity index (χ1) is 8.15. The molecule has 1 fully saturated rings. The number of hydrogen-bond acceptors (Lipinski definition) is 1. The summed E-state index contributed by atoms with van der Waals surface area (Å²) in [5, 5.41) is 2.98. The Morgan fingerprint density at radius 3 is 2.76 bits per heavy atom. The molecule has 17 heavy (non-hydrogen) atoms. The van der Waals surface area contributed by atoms with Crippen molar-refractivity contribution in [2.45, 2.75) is 39.0 Å². The summed E-state index contributed by atoms with van der Waals surface area (Å²) >= 11 is 3.47. The summed E-state index contributed by atoms with van der Waals surface area (Å²) in [6.45, 7) is 2.04. The molecular weight excluding hydrogens is 278 g/mol. The molecule has 2 rings (SSSR count). The molecular formula is C14H18BrNO. The van der Waals surface area contributed by atoms with Gasteiger partial charge in [0.05, 0.1) is 5.69 Å². The Labute approximate surface area is 111 Å². The molecule has 0 bridgehead atoms. The maximum Gasteiger partial charge on any atom is 0.224 e. The van der Waals surface area contributed by atoms with Gasteiger partial charge in [-0.1, -0.05) is 18.9 Å². The van der Waals surface area contributed by atoms with Crippen molar-refractivity contribution >= 4 is 27.5 Å². The molecule has 1 aliphatic carbocycles. The molecule has 1 amide bonds. The fourth-order valence-corrected chi connectivity index (χ4v) is 2.99. The highest BCUT2D eigenvalue weighted by molar-refractivity contribution is 9.10. The highest BCUT2D eigenvalue weighted by Crippen LogP contribution is 2.29. The second kappa shape index (κ2) is 5.67. The number of hydrogen-bond donors (Lipinski definition) is 1. The van der Waals surface area contributed by atoms with E-state index in [0.29, 0.717) is 12.3 Å². The quantitative estimate of drug-likeness (QED) is 0.886. The molecule has 1 aliphatic rings. The van der Waals surface area contributed by atoms with Crippen LogP contribution in [0.25, 0.3) is 0 Å². The van der Waals surface area contributed by atoms with Gasteiger partial charge < -0.3 is 5.32 Å². The first-order valence-electron chi connectivity index (χ1n) is 6.21. The third-order valence-corrected chi connectivity index (χ3v) is 4.00. The Morgan fingerprint density at radius 1 is 1.41 bits per heavy atom. The summed E-state index contributed by atoms with van der Waals surface area (Å²) < 4.78 is 0.956. The van der Waals surface area contributed by atoms with E-state index >= 15 is 0 Å². The van der Waals surface area contributed by atoms with Crippen LogP contribution in [0.2, 0.25) is 0 Å². The minimum atomic E-state index is 0.140. The monoisotopic (exact) mass is 295 g/mol. The molecule has 0 aliphatic heterocycles. The molecule has 0 aromatic heterocycles. The Bertz CT molecular complexity index is 411. The molecule has 0 atom stereocenters. The van der Waals surface area contributed by atoms with Gasteiger partial charge in [-0.05, 0) is 59.3 Å². The highest BCUT2D eigenvalue weighted by Gasteiger charge is 2.18. The van der Waals surface area contributed by atoms with Crippen LogP contribution in [0.4, 0.5) is 5.69 Å². The Morgan fingerprint density at radius 2 is 2.12 bits per heavy atom. The lowest BCUT2D eigenvalue weighted by Gasteiger charge is -2.11. The van der Waals surface area contributed by atoms with Gasteiger partial charge in [-0.3, -0.25) is 4.79 Å². The predicted octanol–water partition coefficient (Wildman–Crippen LogP) is 4.28. The minimum Gasteiger partial charge on any atom is -0.325 e. The number of rotatable bonds is 3. The predicted molar refractivity (Wildman–Crippen MR) is 74.1 cm³/mol. The van der Waals surface area contributed by atoms with Crippen LogP contribution in [0, 0.1) is 12.8 Å². The zero-order valence-corrected chi connectivity index (χ0v) is 11.7. The summed E-state index contributed by atoms with van der Waals surface area (Å²) in [6, 6.07) is 5.98. The molecule has 1 saturated carbocycles. The van der Waals surface area contributed by atoms with Gasteiger partial charge in [-0.15, -0.1) is 0 Å². The summed E-state index contributed by atoms with van der Waals surface area (Å²) in [6.07, 6.45) is 5.66. The first-order valence-corrected chi connectivity index (χ1v) is 7.00. The molecule has 1 aromatic carbocycles. The van der Waals surface area contributed by atoms with E-state index in [2.05, 4.69) is 21.2 Å². The lowest BCUT2D eigenvalue weighted by molar-refractivity contribution is -0.117. The first kappa shape index (κ1) is 12.6. The van der Waals surface area contributed by atoms with Crippen LogP contribution in [0.1, 0.15) is 37.7 Å². The fraction of sp³-hybridized carbons (Fsp3) is 0.500. The Kier molecular flexibility index (Phi) is 4.21. The lowest BCUT2D eigenvalue weighted by atomic mass is 10.0. The largest absolute Gasteiger partial charge is 0.325 e. The zero-order chi connectivity index (χ0) is 12.3. The standard InChI is InChI=1S/C14H18BrNO/c1-10-6-7-13(12(15)8-10)16-14(17)9-11-4-2-3-5-11/h6-8,11H,2-5,9H2,1H3,(H,16,17). The number of aryl methyl sites for hydroxylation is 1. The number of carbonyl (C=O) groups excluding carboxylic acids is 1. The number of halogens is 1. The van der Waals surface area contributed by atoms with Crippen molar-refractivity contribution < 1.29 is 4.79 Å². The maximum atomic E-state index is 11.9. The minimum absolute atomic E-state index is 0.140. The molecule has 1 N–H and O–H groups in total. The second-order valence-corrected chi connectivity index (χ2v) is 5.74. The van der Waals surface area contributed by atoms with Crippen molar-refractivity contribution in [3.8, 4) is 0 Å². The van der Waals surface area contributed by atoms with E-state index in [0.717, 1.165) is 10.2 Å². The number of amides is 1. The zero-order valence-electron chi connectivity index (χ0n) is 10.1. The normalized spacial score (nSPS) is 16.1. The van der Waals surface area contributed by atoms with E-state index in [1.54, 1.807) is 0 Å². The molecule has 92 valence electrons. The van der Waals surface area contributed by atoms with Gasteiger partial charge >= 0.3 is 0 Å². The van der Waals surface area contributed by atoms with E-state index in [1.165, 1.54) is 31.2 Å². The number of anilines is 1. The van der Waals surface area contributed by atoms with E-state index in [4.69, 9.17) is 0 Å². The highest BCUT2D eigenvalue weighted by atomic mass is 79.9. The van der Waals surface area contributed by atoms with Crippen LogP contribution in [-0.4, -0.2) is 5.91 Å². The summed E-state index contributed by atoms with van der Waals surface area (Å²) in [5.41, 5.74) is 2.06. The second-order valence-electron chi connectivity index (χ2n) is 4.89. The number of nitrogens with one attached hydrogen (secondary N) is 1. The van der Waals surface area contributed by atoms with Crippen molar-refractivity contribution in [2.75, 3.05) is 5.32 Å². The van der Waals surface area contributed by atoms with E-state index in [-0.39, 0.29) is 5.91 Å². The van der Waals surface area contributed by atoms with Crippen LogP contribution in [0.3, 0.4) is 0 Å². The summed E-state index contributed by atoms with van der Waals surface area (Å²) in [7, 11) is 0. The fourth-order valence-electron chi connectivity index (χ4n) is 2.40. The van der Waals surface area contributed by atoms with Gasteiger partial charge in [0.15, 0.2) is 0 Å². The number of benzene rings is 1. The third-order valence-electron chi connectivity index (χ3n) is 3.35. The van der Waals surface area contributed by atoms with Crippen LogP contribution in [0.15, 0.2) is 22.7 Å². The molecule has 0 spiro atoms. The molecule has 3 heteroatoms. The number of carbonyl (C=O) groups is 1. The van der Waals surface area contributed by atoms with Crippen molar-refractivity contribution in [3.05, 3.63) is 28.2 Å². The average Bonchev–Trinajstić information content (AvgIpc) is 2.75. The molecule has 0 radical (unpaired) electrons. The van der Waals surface area contributed by atoms with Gasteiger partial charge in [0.25, 0.3) is 0 Å². The Hall–Kier alpha value is -0.830. The van der Waals surface area contributed by atoms with E-state index in [9.17, 15) is 4.79 Å². The van der Waals surface area contributed by atoms with Crippen LogP contribution in [-0.2, 0) is 4.79 Å². The lowest BCUT2D eigenvalue weighted by Crippen LogP contribution is -2.15. The van der Waals surface area contributed by atoms with Gasteiger partial charge in [0, 0.05) is 10.9 Å². The molecule has 1 aromatic rings. The van der Waals surface area contributed by atoms with Crippen molar-refractivity contribution in [1.29, 1.82) is 0 Å². The molecule has 0 heterocycles. The third kappa shape index (κ3) is 3.56.